The van der Waals surface area contributed by atoms with Gasteiger partial charge in [-0.3, -0.25) is 9.10 Å². The Labute approximate surface area is 190 Å². The van der Waals surface area contributed by atoms with Crippen LogP contribution in [0.2, 0.25) is 15.1 Å². The van der Waals surface area contributed by atoms with Crippen LogP contribution in [-0.4, -0.2) is 20.9 Å². The molecule has 0 atom stereocenters. The summed E-state index contributed by atoms with van der Waals surface area (Å²) in [4.78, 5) is 12.8. The van der Waals surface area contributed by atoms with Crippen molar-refractivity contribution >= 4 is 62.1 Å². The van der Waals surface area contributed by atoms with Gasteiger partial charge in [-0.25, -0.2) is 8.42 Å². The maximum absolute atomic E-state index is 13.3. The zero-order valence-electron chi connectivity index (χ0n) is 15.8. The van der Waals surface area contributed by atoms with Gasteiger partial charge in [0.25, 0.3) is 10.0 Å². The molecule has 30 heavy (non-hydrogen) atoms. The van der Waals surface area contributed by atoms with Crippen LogP contribution in [0.4, 0.5) is 11.4 Å². The van der Waals surface area contributed by atoms with Gasteiger partial charge in [0.15, 0.2) is 0 Å². The van der Waals surface area contributed by atoms with Crippen LogP contribution in [0.3, 0.4) is 0 Å². The third-order valence-electron chi connectivity index (χ3n) is 4.36. The highest BCUT2D eigenvalue weighted by molar-refractivity contribution is 7.92. The quantitative estimate of drug-likeness (QED) is 0.482. The molecular weight excluding hydrogens is 467 g/mol. The summed E-state index contributed by atoms with van der Waals surface area (Å²) in [6.45, 7) is 1.24. The Hall–Kier alpha value is -2.25. The first-order valence-electron chi connectivity index (χ1n) is 8.78. The van der Waals surface area contributed by atoms with Gasteiger partial charge in [-0.1, -0.05) is 65.1 Å². The van der Waals surface area contributed by atoms with Gasteiger partial charge in [-0.15, -0.1) is 0 Å². The van der Waals surface area contributed by atoms with E-state index in [1.807, 2.05) is 0 Å². The number of halogens is 3. The molecule has 5 nitrogen and oxygen atoms in total. The van der Waals surface area contributed by atoms with Gasteiger partial charge in [-0.05, 0) is 48.9 Å². The highest BCUT2D eigenvalue weighted by Gasteiger charge is 2.29. The fourth-order valence-electron chi connectivity index (χ4n) is 2.77. The van der Waals surface area contributed by atoms with Gasteiger partial charge >= 0.3 is 0 Å². The molecule has 156 valence electrons. The van der Waals surface area contributed by atoms with Crippen molar-refractivity contribution < 1.29 is 13.2 Å². The van der Waals surface area contributed by atoms with E-state index in [9.17, 15) is 13.2 Å². The molecule has 0 aliphatic rings. The summed E-state index contributed by atoms with van der Waals surface area (Å²) in [7, 11) is -4.10. The van der Waals surface area contributed by atoms with E-state index in [4.69, 9.17) is 34.8 Å². The minimum absolute atomic E-state index is 0.0211. The molecule has 0 fully saturated rings. The van der Waals surface area contributed by atoms with Crippen LogP contribution in [0.5, 0.6) is 0 Å². The Balaban J connectivity index is 2.01. The number of sulfonamides is 1. The van der Waals surface area contributed by atoms with Crippen LogP contribution in [0, 0.1) is 6.92 Å². The molecule has 0 saturated heterocycles. The van der Waals surface area contributed by atoms with Crippen molar-refractivity contribution in [3.63, 3.8) is 0 Å². The number of carbonyl (C=O) groups is 1. The average Bonchev–Trinajstić information content (AvgIpc) is 2.72. The van der Waals surface area contributed by atoms with Crippen LogP contribution >= 0.6 is 34.8 Å². The first kappa shape index (κ1) is 22.4. The summed E-state index contributed by atoms with van der Waals surface area (Å²) in [5.41, 5.74) is 1.26. The standard InChI is InChI=1S/C21H17Cl3N2O3S/c1-14-16(22)9-5-11-18(14)25-20(27)13-26(19-12-6-10-17(23)21(19)24)30(28,29)15-7-3-2-4-8-15/h2-12H,13H2,1H3,(H,25,27). The topological polar surface area (TPSA) is 66.5 Å². The van der Waals surface area contributed by atoms with E-state index in [0.29, 0.717) is 16.3 Å². The van der Waals surface area contributed by atoms with E-state index >= 15 is 0 Å². The maximum atomic E-state index is 13.3. The lowest BCUT2D eigenvalue weighted by molar-refractivity contribution is -0.114. The van der Waals surface area contributed by atoms with Crippen LogP contribution in [-0.2, 0) is 14.8 Å². The van der Waals surface area contributed by atoms with Crippen molar-refractivity contribution in [2.45, 2.75) is 11.8 Å². The molecule has 3 aromatic rings. The number of nitrogens with zero attached hydrogens (tertiary/aromatic N) is 1. The molecule has 3 aromatic carbocycles. The van der Waals surface area contributed by atoms with Gasteiger partial charge in [-0.2, -0.15) is 0 Å². The predicted octanol–water partition coefficient (Wildman–Crippen LogP) is 5.79. The monoisotopic (exact) mass is 482 g/mol. The average molecular weight is 484 g/mol. The van der Waals surface area contributed by atoms with E-state index in [0.717, 1.165) is 4.31 Å². The number of benzene rings is 3. The summed E-state index contributed by atoms with van der Waals surface area (Å²) < 4.78 is 27.6. The highest BCUT2D eigenvalue weighted by Crippen LogP contribution is 2.35. The Kier molecular flexibility index (Phi) is 6.93. The molecule has 3 rings (SSSR count). The molecule has 0 radical (unpaired) electrons. The normalized spacial score (nSPS) is 11.2. The van der Waals surface area contributed by atoms with Gasteiger partial charge < -0.3 is 5.32 Å². The van der Waals surface area contributed by atoms with Crippen LogP contribution in [0.25, 0.3) is 0 Å². The second-order valence-corrected chi connectivity index (χ2v) is 9.41. The smallest absolute Gasteiger partial charge is 0.264 e. The molecular formula is C21H17Cl3N2O3S. The third-order valence-corrected chi connectivity index (χ3v) is 7.35. The van der Waals surface area contributed by atoms with Crippen molar-refractivity contribution in [3.8, 4) is 0 Å². The van der Waals surface area contributed by atoms with Gasteiger partial charge in [0, 0.05) is 10.7 Å². The fourth-order valence-corrected chi connectivity index (χ4v) is 4.84. The zero-order chi connectivity index (χ0) is 21.9. The molecule has 9 heteroatoms. The minimum atomic E-state index is -4.10. The molecule has 0 unspecified atom stereocenters. The molecule has 0 saturated carbocycles. The van der Waals surface area contributed by atoms with Crippen molar-refractivity contribution in [1.82, 2.24) is 0 Å². The van der Waals surface area contributed by atoms with E-state index in [1.54, 1.807) is 49.4 Å². The lowest BCUT2D eigenvalue weighted by Gasteiger charge is -2.25. The molecule has 0 aliphatic carbocycles. The van der Waals surface area contributed by atoms with Gasteiger partial charge in [0.2, 0.25) is 5.91 Å². The molecule has 0 aromatic heterocycles. The predicted molar refractivity (Wildman–Crippen MR) is 122 cm³/mol. The number of rotatable bonds is 6. The van der Waals surface area contributed by atoms with E-state index < -0.39 is 22.5 Å². The number of carbonyl (C=O) groups excluding carboxylic acids is 1. The van der Waals surface area contributed by atoms with Crippen molar-refractivity contribution in [2.24, 2.45) is 0 Å². The molecule has 0 aliphatic heterocycles. The number of nitrogens with one attached hydrogen (secondary N) is 1. The minimum Gasteiger partial charge on any atom is -0.324 e. The Morgan fingerprint density at radius 2 is 1.53 bits per heavy atom. The molecule has 0 bridgehead atoms. The molecule has 0 heterocycles. The van der Waals surface area contributed by atoms with Crippen molar-refractivity contribution in [2.75, 3.05) is 16.2 Å². The van der Waals surface area contributed by atoms with E-state index in [1.165, 1.54) is 24.3 Å². The van der Waals surface area contributed by atoms with E-state index in [-0.39, 0.29) is 20.6 Å². The Bertz CT molecular complexity index is 1190. The van der Waals surface area contributed by atoms with Gasteiger partial charge in [0.1, 0.15) is 6.54 Å². The summed E-state index contributed by atoms with van der Waals surface area (Å²) in [5, 5.41) is 3.40. The summed E-state index contributed by atoms with van der Waals surface area (Å²) in [6.07, 6.45) is 0. The molecule has 1 N–H and O–H groups in total. The van der Waals surface area contributed by atoms with E-state index in [2.05, 4.69) is 5.32 Å². The second kappa shape index (κ2) is 9.27. The fraction of sp³-hybridized carbons (Fsp3) is 0.0952. The number of hydrogen-bond donors (Lipinski definition) is 1. The van der Waals surface area contributed by atoms with Crippen molar-refractivity contribution in [1.29, 1.82) is 0 Å². The van der Waals surface area contributed by atoms with Crippen LogP contribution in [0.1, 0.15) is 5.56 Å². The number of amides is 1. The lowest BCUT2D eigenvalue weighted by atomic mass is 10.2. The second-order valence-electron chi connectivity index (χ2n) is 6.36. The first-order valence-corrected chi connectivity index (χ1v) is 11.4. The third kappa shape index (κ3) is 4.73. The summed E-state index contributed by atoms with van der Waals surface area (Å²) in [6, 6.07) is 17.5. The molecule has 1 amide bonds. The zero-order valence-corrected chi connectivity index (χ0v) is 18.9. The first-order chi connectivity index (χ1) is 14.2. The van der Waals surface area contributed by atoms with Crippen LogP contribution < -0.4 is 9.62 Å². The largest absolute Gasteiger partial charge is 0.324 e. The molecule has 0 spiro atoms. The summed E-state index contributed by atoms with van der Waals surface area (Å²) in [5.74, 6) is -0.559. The summed E-state index contributed by atoms with van der Waals surface area (Å²) >= 11 is 18.5. The maximum Gasteiger partial charge on any atom is 0.264 e. The Morgan fingerprint density at radius 1 is 0.900 bits per heavy atom. The van der Waals surface area contributed by atoms with Gasteiger partial charge in [0.05, 0.1) is 20.6 Å². The number of hydrogen-bond acceptors (Lipinski definition) is 3. The lowest BCUT2D eigenvalue weighted by Crippen LogP contribution is -2.38. The Morgan fingerprint density at radius 3 is 2.23 bits per heavy atom. The highest BCUT2D eigenvalue weighted by atomic mass is 35.5. The SMILES string of the molecule is Cc1c(Cl)cccc1NC(=O)CN(c1cccc(Cl)c1Cl)S(=O)(=O)c1ccccc1. The van der Waals surface area contributed by atoms with Crippen molar-refractivity contribution in [3.05, 3.63) is 87.4 Å². The van der Waals surface area contributed by atoms with Crippen LogP contribution in [0.15, 0.2) is 71.6 Å². The number of anilines is 2.